The first-order valence-corrected chi connectivity index (χ1v) is 11.9. The van der Waals surface area contributed by atoms with Crippen LogP contribution in [0.3, 0.4) is 0 Å². The lowest BCUT2D eigenvalue weighted by molar-refractivity contribution is 0.102. The Morgan fingerprint density at radius 3 is 2.60 bits per heavy atom. The Balaban J connectivity index is 1.79. The van der Waals surface area contributed by atoms with Crippen molar-refractivity contribution in [2.75, 3.05) is 12.4 Å². The molecule has 9 heteroatoms. The van der Waals surface area contributed by atoms with Crippen LogP contribution in [-0.2, 0) is 7.05 Å². The second-order valence-corrected chi connectivity index (χ2v) is 9.42. The Kier molecular flexibility index (Phi) is 5.86. The summed E-state index contributed by atoms with van der Waals surface area (Å²) in [5.41, 5.74) is 2.91. The maximum absolute atomic E-state index is 13.7. The van der Waals surface area contributed by atoms with Gasteiger partial charge in [-0.3, -0.25) is 9.59 Å². The Hall–Kier alpha value is -3.62. The third-order valence-electron chi connectivity index (χ3n) is 5.97. The van der Waals surface area contributed by atoms with Crippen molar-refractivity contribution in [3.05, 3.63) is 91.8 Å². The number of carbonyl (C=O) groups is 1. The second kappa shape index (κ2) is 8.87. The fourth-order valence-corrected chi connectivity index (χ4v) is 4.98. The number of amides is 1. The molecule has 0 fully saturated rings. The van der Waals surface area contributed by atoms with Crippen LogP contribution in [0.4, 0.5) is 5.69 Å². The number of benzene rings is 3. The first kappa shape index (κ1) is 23.1. The molecular weight excluding hydrogens is 532 g/mol. The van der Waals surface area contributed by atoms with Gasteiger partial charge in [-0.2, -0.15) is 9.78 Å². The van der Waals surface area contributed by atoms with Gasteiger partial charge in [0.2, 0.25) is 0 Å². The van der Waals surface area contributed by atoms with Crippen molar-refractivity contribution in [1.29, 1.82) is 0 Å². The highest BCUT2D eigenvalue weighted by atomic mass is 79.9. The number of rotatable bonds is 4. The monoisotopic (exact) mass is 550 g/mol. The van der Waals surface area contributed by atoms with Gasteiger partial charge in [-0.1, -0.05) is 45.7 Å². The summed E-state index contributed by atoms with van der Waals surface area (Å²) in [4.78, 5) is 27.3. The number of hydrogen-bond acceptors (Lipinski definition) is 4. The van der Waals surface area contributed by atoms with Gasteiger partial charge in [0.05, 0.1) is 17.8 Å². The smallest absolute Gasteiger partial charge is 0.296 e. The highest BCUT2D eigenvalue weighted by molar-refractivity contribution is 9.10. The zero-order chi connectivity index (χ0) is 24.9. The van der Waals surface area contributed by atoms with Crippen LogP contribution < -0.4 is 15.6 Å². The third-order valence-corrected chi connectivity index (χ3v) is 6.76. The number of ether oxygens (including phenoxy) is 1. The summed E-state index contributed by atoms with van der Waals surface area (Å²) in [6.45, 7) is 1.90. The zero-order valence-electron chi connectivity index (χ0n) is 19.1. The lowest BCUT2D eigenvalue weighted by Crippen LogP contribution is -2.27. The van der Waals surface area contributed by atoms with E-state index in [1.807, 2.05) is 49.4 Å². The molecule has 0 aliphatic rings. The summed E-state index contributed by atoms with van der Waals surface area (Å²) in [5.74, 6) is 0.0444. The van der Waals surface area contributed by atoms with Crippen molar-refractivity contribution >= 4 is 60.9 Å². The highest BCUT2D eigenvalue weighted by Gasteiger charge is 2.24. The molecule has 7 nitrogen and oxygen atoms in total. The number of aromatic nitrogens is 3. The number of methoxy groups -OCH3 is 1. The molecule has 35 heavy (non-hydrogen) atoms. The van der Waals surface area contributed by atoms with E-state index in [9.17, 15) is 9.59 Å². The molecule has 5 aromatic rings. The molecule has 0 saturated heterocycles. The molecule has 0 aliphatic heterocycles. The lowest BCUT2D eigenvalue weighted by Gasteiger charge is -2.13. The van der Waals surface area contributed by atoms with Gasteiger partial charge >= 0.3 is 0 Å². The van der Waals surface area contributed by atoms with E-state index in [1.54, 1.807) is 29.8 Å². The first-order valence-electron chi connectivity index (χ1n) is 10.7. The minimum atomic E-state index is -0.426. The van der Waals surface area contributed by atoms with Crippen molar-refractivity contribution < 1.29 is 9.53 Å². The van der Waals surface area contributed by atoms with E-state index in [0.717, 1.165) is 20.9 Å². The standard InChI is InChI=1S/C26H20BrClN4O3/c1-14-12-15(27)8-10-19(14)29-25(33)23-22-17-6-4-5-7-20(17)31(2)24(22)26(34)32(30-23)16-9-11-21(35-3)18(28)13-16/h4-13H,1-3H3,(H,29,33). The largest absolute Gasteiger partial charge is 0.495 e. The van der Waals surface area contributed by atoms with Crippen LogP contribution in [-0.4, -0.2) is 27.4 Å². The summed E-state index contributed by atoms with van der Waals surface area (Å²) in [6.07, 6.45) is 0. The molecule has 0 atom stereocenters. The van der Waals surface area contributed by atoms with Crippen LogP contribution in [0.15, 0.2) is 69.9 Å². The van der Waals surface area contributed by atoms with E-state index < -0.39 is 5.91 Å². The van der Waals surface area contributed by atoms with Crippen molar-refractivity contribution in [1.82, 2.24) is 14.3 Å². The van der Waals surface area contributed by atoms with Crippen LogP contribution >= 0.6 is 27.5 Å². The molecular formula is C26H20BrClN4O3. The van der Waals surface area contributed by atoms with Crippen LogP contribution in [0, 0.1) is 6.92 Å². The van der Waals surface area contributed by atoms with E-state index in [0.29, 0.717) is 33.0 Å². The molecule has 0 unspecified atom stereocenters. The first-order chi connectivity index (χ1) is 16.8. The van der Waals surface area contributed by atoms with Gasteiger partial charge in [-0.15, -0.1) is 0 Å². The fraction of sp³-hybridized carbons (Fsp3) is 0.115. The fourth-order valence-electron chi connectivity index (χ4n) is 4.25. The predicted molar refractivity (Wildman–Crippen MR) is 142 cm³/mol. The number of nitrogens with zero attached hydrogens (tertiary/aromatic N) is 3. The lowest BCUT2D eigenvalue weighted by atomic mass is 10.1. The van der Waals surface area contributed by atoms with Gasteiger partial charge in [-0.25, -0.2) is 0 Å². The number of hydrogen-bond donors (Lipinski definition) is 1. The predicted octanol–water partition coefficient (Wildman–Crippen LogP) is 5.86. The summed E-state index contributed by atoms with van der Waals surface area (Å²) < 4.78 is 9.14. The Morgan fingerprint density at radius 1 is 1.11 bits per heavy atom. The average molecular weight is 552 g/mol. The third kappa shape index (κ3) is 3.88. The highest BCUT2D eigenvalue weighted by Crippen LogP contribution is 2.31. The van der Waals surface area contributed by atoms with E-state index >= 15 is 0 Å². The minimum Gasteiger partial charge on any atom is -0.495 e. The van der Waals surface area contributed by atoms with Crippen LogP contribution in [0.25, 0.3) is 27.5 Å². The maximum atomic E-state index is 13.7. The number of nitrogens with one attached hydrogen (secondary N) is 1. The van der Waals surface area contributed by atoms with Crippen LogP contribution in [0.2, 0.25) is 5.02 Å². The molecule has 5 rings (SSSR count). The minimum absolute atomic E-state index is 0.130. The molecule has 0 bridgehead atoms. The van der Waals surface area contributed by atoms with Crippen molar-refractivity contribution in [2.24, 2.45) is 7.05 Å². The molecule has 3 aromatic carbocycles. The van der Waals surface area contributed by atoms with Gasteiger partial charge in [-0.05, 0) is 55.0 Å². The van der Waals surface area contributed by atoms with E-state index in [1.165, 1.54) is 11.8 Å². The normalized spacial score (nSPS) is 11.2. The van der Waals surface area contributed by atoms with Gasteiger partial charge in [0, 0.05) is 33.5 Å². The van der Waals surface area contributed by atoms with Gasteiger partial charge < -0.3 is 14.6 Å². The van der Waals surface area contributed by atoms with Gasteiger partial charge in [0.15, 0.2) is 5.69 Å². The van der Waals surface area contributed by atoms with Crippen molar-refractivity contribution in [3.63, 3.8) is 0 Å². The molecule has 0 radical (unpaired) electrons. The summed E-state index contributed by atoms with van der Waals surface area (Å²) >= 11 is 9.77. The Bertz CT molecular complexity index is 1710. The molecule has 176 valence electrons. The van der Waals surface area contributed by atoms with Crippen LogP contribution in [0.5, 0.6) is 5.75 Å². The molecule has 2 aromatic heterocycles. The van der Waals surface area contributed by atoms with E-state index in [-0.39, 0.29) is 11.3 Å². The quantitative estimate of drug-likeness (QED) is 0.303. The number of fused-ring (bicyclic) bond motifs is 3. The Morgan fingerprint density at radius 2 is 1.89 bits per heavy atom. The SMILES string of the molecule is COc1ccc(-n2nc(C(=O)Nc3ccc(Br)cc3C)c3c4ccccc4n(C)c3c2=O)cc1Cl. The molecule has 1 amide bonds. The van der Waals surface area contributed by atoms with E-state index in [2.05, 4.69) is 26.3 Å². The average Bonchev–Trinajstić information content (AvgIpc) is 3.14. The van der Waals surface area contributed by atoms with Crippen molar-refractivity contribution in [2.45, 2.75) is 6.92 Å². The van der Waals surface area contributed by atoms with E-state index in [4.69, 9.17) is 16.3 Å². The zero-order valence-corrected chi connectivity index (χ0v) is 21.4. The van der Waals surface area contributed by atoms with Gasteiger partial charge in [0.1, 0.15) is 11.3 Å². The van der Waals surface area contributed by atoms with Crippen LogP contribution in [0.1, 0.15) is 16.1 Å². The molecule has 2 heterocycles. The topological polar surface area (TPSA) is 78.2 Å². The maximum Gasteiger partial charge on any atom is 0.296 e. The molecule has 0 aliphatic carbocycles. The molecule has 0 saturated carbocycles. The summed E-state index contributed by atoms with van der Waals surface area (Å²) in [6, 6.07) is 18.1. The Labute approximate surface area is 214 Å². The van der Waals surface area contributed by atoms with Gasteiger partial charge in [0.25, 0.3) is 11.5 Å². The number of anilines is 1. The molecule has 1 N–H and O–H groups in total. The number of aryl methyl sites for hydroxylation is 2. The molecule has 0 spiro atoms. The number of halogens is 2. The summed E-state index contributed by atoms with van der Waals surface area (Å²) in [5, 5.41) is 9.09. The number of para-hydroxylation sites is 1. The number of carbonyl (C=O) groups excluding carboxylic acids is 1. The van der Waals surface area contributed by atoms with Crippen molar-refractivity contribution in [3.8, 4) is 11.4 Å². The summed E-state index contributed by atoms with van der Waals surface area (Å²) in [7, 11) is 3.32. The second-order valence-electron chi connectivity index (χ2n) is 8.10.